The number of nitrogen functional groups attached to an aromatic ring is 1. The second-order valence-corrected chi connectivity index (χ2v) is 5.06. The number of halogens is 1. The third-order valence-corrected chi connectivity index (χ3v) is 3.22. The van der Waals surface area contributed by atoms with E-state index >= 15 is 0 Å². The lowest BCUT2D eigenvalue weighted by Crippen LogP contribution is -2.28. The van der Waals surface area contributed by atoms with Gasteiger partial charge in [-0.3, -0.25) is 4.79 Å². The van der Waals surface area contributed by atoms with Gasteiger partial charge in [0.15, 0.2) is 0 Å². The second-order valence-electron chi connectivity index (χ2n) is 4.66. The number of ether oxygens (including phenoxy) is 1. The molecule has 0 saturated carbocycles. The van der Waals surface area contributed by atoms with Crippen molar-refractivity contribution in [2.45, 2.75) is 6.92 Å². The van der Waals surface area contributed by atoms with Crippen molar-refractivity contribution in [3.63, 3.8) is 0 Å². The first-order valence-corrected chi connectivity index (χ1v) is 6.97. The summed E-state index contributed by atoms with van der Waals surface area (Å²) in [5.74, 6) is 0.507. The summed E-state index contributed by atoms with van der Waals surface area (Å²) in [4.78, 5) is 12.0. The number of nitrogens with one attached hydrogen (secondary N) is 1. The molecule has 0 aliphatic rings. The standard InChI is InChI=1S/C16H17ClN2O2/c1-11-2-7-14(15(17)10-11)16(20)19-8-9-21-13-5-3-12(18)4-6-13/h2-7,10H,8-9,18H2,1H3,(H,19,20). The molecule has 0 radical (unpaired) electrons. The highest BCUT2D eigenvalue weighted by atomic mass is 35.5. The highest BCUT2D eigenvalue weighted by Gasteiger charge is 2.09. The number of hydrogen-bond acceptors (Lipinski definition) is 3. The van der Waals surface area contributed by atoms with Crippen molar-refractivity contribution in [2.75, 3.05) is 18.9 Å². The van der Waals surface area contributed by atoms with Gasteiger partial charge in [-0.15, -0.1) is 0 Å². The lowest BCUT2D eigenvalue weighted by Gasteiger charge is -2.09. The van der Waals surface area contributed by atoms with Crippen LogP contribution in [0.4, 0.5) is 5.69 Å². The number of benzene rings is 2. The average molecular weight is 305 g/mol. The minimum atomic E-state index is -0.207. The fourth-order valence-corrected chi connectivity index (χ4v) is 2.12. The van der Waals surface area contributed by atoms with Crippen LogP contribution in [0.15, 0.2) is 42.5 Å². The van der Waals surface area contributed by atoms with Crippen LogP contribution < -0.4 is 15.8 Å². The molecule has 0 bridgehead atoms. The Kier molecular flexibility index (Phi) is 5.06. The van der Waals surface area contributed by atoms with Crippen molar-refractivity contribution < 1.29 is 9.53 Å². The van der Waals surface area contributed by atoms with Gasteiger partial charge in [-0.25, -0.2) is 0 Å². The lowest BCUT2D eigenvalue weighted by molar-refractivity contribution is 0.0947. The van der Waals surface area contributed by atoms with Crippen LogP contribution in [0, 0.1) is 6.92 Å². The van der Waals surface area contributed by atoms with E-state index in [2.05, 4.69) is 5.32 Å². The largest absolute Gasteiger partial charge is 0.492 e. The highest BCUT2D eigenvalue weighted by Crippen LogP contribution is 2.17. The molecule has 0 atom stereocenters. The van der Waals surface area contributed by atoms with Gasteiger partial charge in [0.05, 0.1) is 17.1 Å². The molecule has 3 N–H and O–H groups in total. The first kappa shape index (κ1) is 15.2. The van der Waals surface area contributed by atoms with Gasteiger partial charge in [0, 0.05) is 5.69 Å². The molecule has 0 aromatic heterocycles. The molecule has 5 heteroatoms. The normalized spacial score (nSPS) is 10.2. The van der Waals surface area contributed by atoms with Crippen LogP contribution in [-0.2, 0) is 0 Å². The van der Waals surface area contributed by atoms with E-state index in [1.54, 1.807) is 36.4 Å². The van der Waals surface area contributed by atoms with Crippen LogP contribution in [0.25, 0.3) is 0 Å². The van der Waals surface area contributed by atoms with Gasteiger partial charge in [0.1, 0.15) is 12.4 Å². The number of aryl methyl sites for hydroxylation is 1. The Balaban J connectivity index is 1.80. The van der Waals surface area contributed by atoms with E-state index in [1.165, 1.54) is 0 Å². The van der Waals surface area contributed by atoms with Crippen molar-refractivity contribution in [3.05, 3.63) is 58.6 Å². The first-order chi connectivity index (χ1) is 10.1. The molecular weight excluding hydrogens is 288 g/mol. The molecular formula is C16H17ClN2O2. The molecule has 0 fully saturated rings. The Labute approximate surface area is 128 Å². The fourth-order valence-electron chi connectivity index (χ4n) is 1.80. The summed E-state index contributed by atoms with van der Waals surface area (Å²) in [7, 11) is 0. The van der Waals surface area contributed by atoms with Gasteiger partial charge < -0.3 is 15.8 Å². The SMILES string of the molecule is Cc1ccc(C(=O)NCCOc2ccc(N)cc2)c(Cl)c1. The Morgan fingerprint density at radius 3 is 2.62 bits per heavy atom. The maximum Gasteiger partial charge on any atom is 0.252 e. The van der Waals surface area contributed by atoms with Crippen molar-refractivity contribution in [2.24, 2.45) is 0 Å². The molecule has 0 saturated heterocycles. The summed E-state index contributed by atoms with van der Waals surface area (Å²) in [6, 6.07) is 12.4. The summed E-state index contributed by atoms with van der Waals surface area (Å²) < 4.78 is 5.49. The summed E-state index contributed by atoms with van der Waals surface area (Å²) in [6.07, 6.45) is 0. The molecule has 1 amide bonds. The van der Waals surface area contributed by atoms with Gasteiger partial charge >= 0.3 is 0 Å². The van der Waals surface area contributed by atoms with Crippen molar-refractivity contribution >= 4 is 23.2 Å². The molecule has 0 unspecified atom stereocenters. The molecule has 110 valence electrons. The highest BCUT2D eigenvalue weighted by molar-refractivity contribution is 6.33. The van der Waals surface area contributed by atoms with Crippen LogP contribution in [0.1, 0.15) is 15.9 Å². The summed E-state index contributed by atoms with van der Waals surface area (Å²) in [6.45, 7) is 2.70. The van der Waals surface area contributed by atoms with Crippen LogP contribution in [0.3, 0.4) is 0 Å². The van der Waals surface area contributed by atoms with E-state index in [-0.39, 0.29) is 5.91 Å². The summed E-state index contributed by atoms with van der Waals surface area (Å²) in [5, 5.41) is 3.22. The molecule has 0 aliphatic heterocycles. The number of hydrogen-bond donors (Lipinski definition) is 2. The van der Waals surface area contributed by atoms with Crippen molar-refractivity contribution in [1.29, 1.82) is 0 Å². The van der Waals surface area contributed by atoms with Gasteiger partial charge in [-0.2, -0.15) is 0 Å². The van der Waals surface area contributed by atoms with Crippen molar-refractivity contribution in [1.82, 2.24) is 5.32 Å². The third kappa shape index (κ3) is 4.39. The van der Waals surface area contributed by atoms with E-state index in [0.29, 0.717) is 35.2 Å². The van der Waals surface area contributed by atoms with Crippen LogP contribution in [0.2, 0.25) is 5.02 Å². The molecule has 0 spiro atoms. The number of amides is 1. The van der Waals surface area contributed by atoms with Crippen LogP contribution >= 0.6 is 11.6 Å². The quantitative estimate of drug-likeness (QED) is 0.659. The molecule has 0 aliphatic carbocycles. The smallest absolute Gasteiger partial charge is 0.252 e. The van der Waals surface area contributed by atoms with E-state index in [4.69, 9.17) is 22.1 Å². The number of carbonyl (C=O) groups is 1. The maximum absolute atomic E-state index is 12.0. The monoisotopic (exact) mass is 304 g/mol. The van der Waals surface area contributed by atoms with Crippen molar-refractivity contribution in [3.8, 4) is 5.75 Å². The molecule has 2 aromatic rings. The van der Waals surface area contributed by atoms with Gasteiger partial charge in [-0.1, -0.05) is 17.7 Å². The average Bonchev–Trinajstić information content (AvgIpc) is 2.45. The zero-order valence-electron chi connectivity index (χ0n) is 11.7. The topological polar surface area (TPSA) is 64.3 Å². The summed E-state index contributed by atoms with van der Waals surface area (Å²) in [5.41, 5.74) is 7.75. The van der Waals surface area contributed by atoms with Gasteiger partial charge in [0.25, 0.3) is 5.91 Å². The zero-order valence-corrected chi connectivity index (χ0v) is 12.5. The fraction of sp³-hybridized carbons (Fsp3) is 0.188. The maximum atomic E-state index is 12.0. The molecule has 4 nitrogen and oxygen atoms in total. The van der Waals surface area contributed by atoms with Gasteiger partial charge in [-0.05, 0) is 48.9 Å². The Morgan fingerprint density at radius 2 is 1.95 bits per heavy atom. The Hall–Kier alpha value is -2.20. The Morgan fingerprint density at radius 1 is 1.24 bits per heavy atom. The zero-order chi connectivity index (χ0) is 15.2. The number of carbonyl (C=O) groups excluding carboxylic acids is 1. The molecule has 2 aromatic carbocycles. The van der Waals surface area contributed by atoms with E-state index in [0.717, 1.165) is 5.56 Å². The molecule has 2 rings (SSSR count). The van der Waals surface area contributed by atoms with E-state index in [9.17, 15) is 4.79 Å². The number of rotatable bonds is 5. The predicted molar refractivity (Wildman–Crippen MR) is 84.9 cm³/mol. The van der Waals surface area contributed by atoms with Gasteiger partial charge in [0.2, 0.25) is 0 Å². The minimum Gasteiger partial charge on any atom is -0.492 e. The van der Waals surface area contributed by atoms with Crippen LogP contribution in [-0.4, -0.2) is 19.1 Å². The third-order valence-electron chi connectivity index (χ3n) is 2.91. The second kappa shape index (κ2) is 6.99. The van der Waals surface area contributed by atoms with Crippen LogP contribution in [0.5, 0.6) is 5.75 Å². The predicted octanol–water partition coefficient (Wildman–Crippen LogP) is 3.04. The number of anilines is 1. The van der Waals surface area contributed by atoms with E-state index < -0.39 is 0 Å². The minimum absolute atomic E-state index is 0.207. The first-order valence-electron chi connectivity index (χ1n) is 6.59. The Bertz CT molecular complexity index is 627. The molecule has 21 heavy (non-hydrogen) atoms. The molecule has 0 heterocycles. The number of nitrogens with two attached hydrogens (primary N) is 1. The summed E-state index contributed by atoms with van der Waals surface area (Å²) >= 11 is 6.04. The lowest BCUT2D eigenvalue weighted by atomic mass is 10.1. The van der Waals surface area contributed by atoms with E-state index in [1.807, 2.05) is 13.0 Å².